The van der Waals surface area contributed by atoms with Gasteiger partial charge in [0, 0.05) is 17.4 Å². The van der Waals surface area contributed by atoms with E-state index in [2.05, 4.69) is 16.9 Å². The summed E-state index contributed by atoms with van der Waals surface area (Å²) >= 11 is 6.03. The molecule has 0 aliphatic rings. The number of ether oxygens (including phenoxy) is 1. The number of hydrogen-bond donors (Lipinski definition) is 1. The molecule has 2 aromatic rings. The van der Waals surface area contributed by atoms with Gasteiger partial charge >= 0.3 is 0 Å². The fraction of sp³-hybridized carbons (Fsp3) is 0.231. The minimum Gasteiger partial charge on any atom is -0.437 e. The van der Waals surface area contributed by atoms with Gasteiger partial charge in [0.25, 0.3) is 0 Å². The molecule has 0 unspecified atom stereocenters. The number of benzene rings is 1. The van der Waals surface area contributed by atoms with E-state index >= 15 is 0 Å². The number of nitrogens with two attached hydrogens (primary N) is 1. The monoisotopic (exact) mass is 263 g/mol. The molecule has 0 aliphatic heterocycles. The van der Waals surface area contributed by atoms with Crippen molar-refractivity contribution in [2.45, 2.75) is 19.8 Å². The number of aromatic nitrogens is 2. The lowest BCUT2D eigenvalue weighted by Gasteiger charge is -2.07. The summed E-state index contributed by atoms with van der Waals surface area (Å²) in [6, 6.07) is 6.91. The molecule has 1 heterocycles. The third-order valence-electron chi connectivity index (χ3n) is 2.38. The highest BCUT2D eigenvalue weighted by Gasteiger charge is 2.05. The molecule has 0 bridgehead atoms. The van der Waals surface area contributed by atoms with E-state index in [1.165, 1.54) is 6.33 Å². The lowest BCUT2D eigenvalue weighted by Crippen LogP contribution is -1.94. The van der Waals surface area contributed by atoms with E-state index in [1.54, 1.807) is 18.2 Å². The van der Waals surface area contributed by atoms with Gasteiger partial charge in [0.1, 0.15) is 12.1 Å². The van der Waals surface area contributed by atoms with E-state index < -0.39 is 0 Å². The summed E-state index contributed by atoms with van der Waals surface area (Å²) in [6.45, 7) is 2.10. The van der Waals surface area contributed by atoms with Gasteiger partial charge in [0.2, 0.25) is 5.88 Å². The van der Waals surface area contributed by atoms with E-state index in [-0.39, 0.29) is 0 Å². The normalized spacial score (nSPS) is 10.3. The van der Waals surface area contributed by atoms with Crippen molar-refractivity contribution < 1.29 is 4.74 Å². The first-order chi connectivity index (χ1) is 8.69. The van der Waals surface area contributed by atoms with E-state index in [9.17, 15) is 0 Å². The molecule has 1 aromatic carbocycles. The molecule has 0 spiro atoms. The van der Waals surface area contributed by atoms with Crippen LogP contribution in [0.5, 0.6) is 11.6 Å². The molecule has 4 nitrogen and oxygen atoms in total. The molecule has 0 amide bonds. The lowest BCUT2D eigenvalue weighted by molar-refractivity contribution is 0.460. The van der Waals surface area contributed by atoms with Gasteiger partial charge in [-0.15, -0.1) is 0 Å². The fourth-order valence-electron chi connectivity index (χ4n) is 1.54. The number of aryl methyl sites for hydroxylation is 1. The van der Waals surface area contributed by atoms with Crippen LogP contribution in [0, 0.1) is 0 Å². The van der Waals surface area contributed by atoms with E-state index in [0.29, 0.717) is 22.3 Å². The van der Waals surface area contributed by atoms with Gasteiger partial charge in [-0.25, -0.2) is 9.97 Å². The Balaban J connectivity index is 2.20. The highest BCUT2D eigenvalue weighted by Crippen LogP contribution is 2.29. The Bertz CT molecular complexity index is 546. The Kier molecular flexibility index (Phi) is 3.99. The van der Waals surface area contributed by atoms with Crippen LogP contribution in [0.2, 0.25) is 5.02 Å². The largest absolute Gasteiger partial charge is 0.437 e. The average molecular weight is 264 g/mol. The molecule has 2 rings (SSSR count). The van der Waals surface area contributed by atoms with E-state index in [1.807, 2.05) is 6.07 Å². The first kappa shape index (κ1) is 12.6. The first-order valence-electron chi connectivity index (χ1n) is 5.73. The first-order valence-corrected chi connectivity index (χ1v) is 6.10. The van der Waals surface area contributed by atoms with Crippen molar-refractivity contribution in [2.75, 3.05) is 5.73 Å². The Hall–Kier alpha value is -1.81. The minimum absolute atomic E-state index is 0.464. The fourth-order valence-corrected chi connectivity index (χ4v) is 1.77. The molecule has 0 atom stereocenters. The van der Waals surface area contributed by atoms with Crippen molar-refractivity contribution in [1.29, 1.82) is 0 Å². The average Bonchev–Trinajstić information content (AvgIpc) is 2.34. The Morgan fingerprint density at radius 2 is 2.11 bits per heavy atom. The maximum Gasteiger partial charge on any atom is 0.222 e. The molecule has 5 heteroatoms. The summed E-state index contributed by atoms with van der Waals surface area (Å²) in [6.07, 6.45) is 3.42. The van der Waals surface area contributed by atoms with Crippen LogP contribution in [0.4, 0.5) is 5.69 Å². The van der Waals surface area contributed by atoms with Gasteiger partial charge in [0.15, 0.2) is 0 Å². The molecule has 1 aromatic heterocycles. The topological polar surface area (TPSA) is 61.0 Å². The summed E-state index contributed by atoms with van der Waals surface area (Å²) in [5.74, 6) is 1.02. The van der Waals surface area contributed by atoms with Crippen LogP contribution in [-0.2, 0) is 6.42 Å². The lowest BCUT2D eigenvalue weighted by atomic mass is 10.2. The highest BCUT2D eigenvalue weighted by molar-refractivity contribution is 6.32. The van der Waals surface area contributed by atoms with Crippen LogP contribution in [0.3, 0.4) is 0 Å². The zero-order valence-electron chi connectivity index (χ0n) is 10.1. The Morgan fingerprint density at radius 3 is 2.83 bits per heavy atom. The van der Waals surface area contributed by atoms with E-state index in [0.717, 1.165) is 18.5 Å². The van der Waals surface area contributed by atoms with Crippen molar-refractivity contribution >= 4 is 17.3 Å². The van der Waals surface area contributed by atoms with Crippen LogP contribution >= 0.6 is 11.6 Å². The molecule has 0 saturated heterocycles. The number of anilines is 1. The number of rotatable bonds is 4. The summed E-state index contributed by atoms with van der Waals surface area (Å²) in [5.41, 5.74) is 7.17. The predicted molar refractivity (Wildman–Crippen MR) is 72.0 cm³/mol. The Morgan fingerprint density at radius 1 is 1.28 bits per heavy atom. The third-order valence-corrected chi connectivity index (χ3v) is 2.67. The van der Waals surface area contributed by atoms with Crippen LogP contribution in [0.25, 0.3) is 0 Å². The van der Waals surface area contributed by atoms with Crippen LogP contribution in [0.15, 0.2) is 30.6 Å². The summed E-state index contributed by atoms with van der Waals surface area (Å²) in [5, 5.41) is 0.464. The molecule has 0 fully saturated rings. The number of nitrogen functional groups attached to an aromatic ring is 1. The second-order valence-electron chi connectivity index (χ2n) is 3.89. The van der Waals surface area contributed by atoms with Crippen LogP contribution in [0.1, 0.15) is 19.0 Å². The van der Waals surface area contributed by atoms with Gasteiger partial charge in [-0.1, -0.05) is 24.9 Å². The summed E-state index contributed by atoms with van der Waals surface area (Å²) in [4.78, 5) is 8.22. The van der Waals surface area contributed by atoms with Crippen molar-refractivity contribution in [3.8, 4) is 11.6 Å². The maximum absolute atomic E-state index is 6.03. The van der Waals surface area contributed by atoms with Crippen LogP contribution < -0.4 is 10.5 Å². The third kappa shape index (κ3) is 3.11. The highest BCUT2D eigenvalue weighted by atomic mass is 35.5. The SMILES string of the molecule is CCCc1cc(Oc2ccc(N)cc2Cl)ncn1. The van der Waals surface area contributed by atoms with Gasteiger partial charge in [-0.3, -0.25) is 0 Å². The van der Waals surface area contributed by atoms with Crippen molar-refractivity contribution in [3.63, 3.8) is 0 Å². The second-order valence-corrected chi connectivity index (χ2v) is 4.30. The summed E-state index contributed by atoms with van der Waals surface area (Å²) in [7, 11) is 0. The van der Waals surface area contributed by atoms with Gasteiger partial charge in [-0.05, 0) is 24.6 Å². The van der Waals surface area contributed by atoms with Crippen molar-refractivity contribution in [1.82, 2.24) is 9.97 Å². The molecule has 0 saturated carbocycles. The molecular formula is C13H14ClN3O. The van der Waals surface area contributed by atoms with Crippen LogP contribution in [-0.4, -0.2) is 9.97 Å². The molecule has 2 N–H and O–H groups in total. The van der Waals surface area contributed by atoms with Gasteiger partial charge in [0.05, 0.1) is 5.02 Å². The second kappa shape index (κ2) is 5.69. The molecular weight excluding hydrogens is 250 g/mol. The van der Waals surface area contributed by atoms with E-state index in [4.69, 9.17) is 22.1 Å². The molecule has 94 valence electrons. The standard InChI is InChI=1S/C13H14ClN3O/c1-2-3-10-7-13(17-8-16-10)18-12-5-4-9(15)6-11(12)14/h4-8H,2-3,15H2,1H3. The zero-order valence-corrected chi connectivity index (χ0v) is 10.8. The number of halogens is 1. The predicted octanol–water partition coefficient (Wildman–Crippen LogP) is 3.46. The summed E-state index contributed by atoms with van der Waals surface area (Å²) < 4.78 is 5.61. The quantitative estimate of drug-likeness (QED) is 0.858. The molecule has 0 radical (unpaired) electrons. The maximum atomic E-state index is 6.03. The van der Waals surface area contributed by atoms with Gasteiger partial charge in [-0.2, -0.15) is 0 Å². The number of hydrogen-bond acceptors (Lipinski definition) is 4. The van der Waals surface area contributed by atoms with Gasteiger partial charge < -0.3 is 10.5 Å². The van der Waals surface area contributed by atoms with Crippen molar-refractivity contribution in [2.24, 2.45) is 0 Å². The van der Waals surface area contributed by atoms with Crippen molar-refractivity contribution in [3.05, 3.63) is 41.3 Å². The zero-order chi connectivity index (χ0) is 13.0. The molecule has 18 heavy (non-hydrogen) atoms. The molecule has 0 aliphatic carbocycles. The number of nitrogens with zero attached hydrogens (tertiary/aromatic N) is 2. The minimum atomic E-state index is 0.464. The Labute approximate surface area is 111 Å². The smallest absolute Gasteiger partial charge is 0.222 e.